The van der Waals surface area contributed by atoms with Gasteiger partial charge < -0.3 is 39.6 Å². The standard InChI is InChI=1S/C3H6N6.CH4N2O.CH2O.H3N/c4-1-7-2(5)9-3(6)8-1;2-1(3)4;1-2;/h(H6,4,5,6,7,8,9);(H4,2,3,4);1H2;1H3. The van der Waals surface area contributed by atoms with Gasteiger partial charge in [0.25, 0.3) is 0 Å². The number of nitrogen functional groups attached to an aromatic ring is 3. The third-order valence-corrected chi connectivity index (χ3v) is 0.687. The topological polar surface area (TPSA) is 238 Å². The molecule has 0 aromatic carbocycles. The molecule has 0 aliphatic carbocycles. The lowest BCUT2D eigenvalue weighted by atomic mass is 10.9. The number of nitrogens with two attached hydrogens (primary N) is 5. The van der Waals surface area contributed by atoms with E-state index in [1.807, 2.05) is 6.79 Å². The highest BCUT2D eigenvalue weighted by Crippen LogP contribution is 1.97. The van der Waals surface area contributed by atoms with E-state index in [0.29, 0.717) is 0 Å². The van der Waals surface area contributed by atoms with Crippen LogP contribution in [0, 0.1) is 0 Å². The van der Waals surface area contributed by atoms with Crippen LogP contribution in [0.25, 0.3) is 0 Å². The van der Waals surface area contributed by atoms with Crippen LogP contribution in [0.5, 0.6) is 0 Å². The summed E-state index contributed by atoms with van der Waals surface area (Å²) >= 11 is 0. The smallest absolute Gasteiger partial charge is 0.309 e. The van der Waals surface area contributed by atoms with E-state index < -0.39 is 6.03 Å². The third-order valence-electron chi connectivity index (χ3n) is 0.687. The summed E-state index contributed by atoms with van der Waals surface area (Å²) in [5.41, 5.74) is 23.9. The largest absolute Gasteiger partial charge is 0.368 e. The molecule has 2 amide bonds. The van der Waals surface area contributed by atoms with Gasteiger partial charge in [-0.15, -0.1) is 0 Å². The molecule has 0 saturated carbocycles. The average Bonchev–Trinajstić information content (AvgIpc) is 2.03. The van der Waals surface area contributed by atoms with Crippen molar-refractivity contribution in [1.82, 2.24) is 21.1 Å². The Morgan fingerprint density at radius 3 is 1.12 bits per heavy atom. The lowest BCUT2D eigenvalue weighted by Crippen LogP contribution is -2.18. The molecule has 1 heterocycles. The summed E-state index contributed by atoms with van der Waals surface area (Å²) in [6, 6.07) is -0.833. The second-order valence-corrected chi connectivity index (χ2v) is 1.81. The van der Waals surface area contributed by atoms with E-state index in [1.165, 1.54) is 0 Å². The van der Waals surface area contributed by atoms with Crippen LogP contribution >= 0.6 is 0 Å². The SMILES string of the molecule is C=O.N.NC(N)=O.Nc1nc(N)nc(N)n1. The summed E-state index contributed by atoms with van der Waals surface area (Å²) in [5.74, 6) is 0.125. The van der Waals surface area contributed by atoms with Crippen LogP contribution in [0.3, 0.4) is 0 Å². The van der Waals surface area contributed by atoms with E-state index in [2.05, 4.69) is 26.4 Å². The van der Waals surface area contributed by atoms with Crippen molar-refractivity contribution < 1.29 is 9.59 Å². The van der Waals surface area contributed by atoms with Gasteiger partial charge in [-0.1, -0.05) is 0 Å². The number of carbonyl (C=O) groups excluding carboxylic acids is 2. The Morgan fingerprint density at radius 2 is 1.00 bits per heavy atom. The number of anilines is 3. The van der Waals surface area contributed by atoms with Gasteiger partial charge in [0, 0.05) is 0 Å². The van der Waals surface area contributed by atoms with Gasteiger partial charge in [0.15, 0.2) is 0 Å². The van der Waals surface area contributed by atoms with Crippen LogP contribution in [-0.4, -0.2) is 27.8 Å². The van der Waals surface area contributed by atoms with Crippen molar-refractivity contribution in [3.05, 3.63) is 0 Å². The van der Waals surface area contributed by atoms with Crippen molar-refractivity contribution in [2.75, 3.05) is 17.2 Å². The molecule has 1 rings (SSSR count). The molecular weight excluding hydrogens is 218 g/mol. The van der Waals surface area contributed by atoms with Crippen molar-refractivity contribution in [3.63, 3.8) is 0 Å². The Bertz CT molecular complexity index is 262. The fraction of sp³-hybridized carbons (Fsp3) is 0. The summed E-state index contributed by atoms with van der Waals surface area (Å²) in [5, 5.41) is 0. The molecule has 11 nitrogen and oxygen atoms in total. The third kappa shape index (κ3) is 13.9. The van der Waals surface area contributed by atoms with E-state index in [4.69, 9.17) is 26.8 Å². The van der Waals surface area contributed by atoms with Crippen molar-refractivity contribution in [1.29, 1.82) is 0 Å². The monoisotopic (exact) mass is 233 g/mol. The van der Waals surface area contributed by atoms with Crippen LogP contribution in [0.1, 0.15) is 0 Å². The average molecular weight is 233 g/mol. The zero-order valence-electron chi connectivity index (χ0n) is 8.46. The summed E-state index contributed by atoms with van der Waals surface area (Å²) in [6.07, 6.45) is 0. The number of hydrogen-bond donors (Lipinski definition) is 6. The molecule has 0 spiro atoms. The van der Waals surface area contributed by atoms with Crippen molar-refractivity contribution >= 4 is 30.7 Å². The van der Waals surface area contributed by atoms with Crippen LogP contribution in [0.2, 0.25) is 0 Å². The Balaban J connectivity index is -0.000000209. The molecule has 1 aromatic rings. The predicted octanol–water partition coefficient (Wildman–Crippen LogP) is -2.38. The van der Waals surface area contributed by atoms with Gasteiger partial charge in [0.05, 0.1) is 0 Å². The first kappa shape index (κ1) is 19.0. The van der Waals surface area contributed by atoms with E-state index in [0.717, 1.165) is 0 Å². The summed E-state index contributed by atoms with van der Waals surface area (Å²) in [6.45, 7) is 2.00. The number of nitrogens with zero attached hydrogens (tertiary/aromatic N) is 3. The first-order valence-electron chi connectivity index (χ1n) is 3.28. The van der Waals surface area contributed by atoms with Gasteiger partial charge in [-0.3, -0.25) is 0 Å². The maximum absolute atomic E-state index is 9.00. The van der Waals surface area contributed by atoms with E-state index in [1.54, 1.807) is 0 Å². The van der Waals surface area contributed by atoms with Crippen LogP contribution in [-0.2, 0) is 4.79 Å². The zero-order chi connectivity index (χ0) is 12.4. The fourth-order valence-electron chi connectivity index (χ4n) is 0.427. The molecule has 16 heavy (non-hydrogen) atoms. The minimum Gasteiger partial charge on any atom is -0.368 e. The molecule has 0 aliphatic rings. The molecule has 0 atom stereocenters. The van der Waals surface area contributed by atoms with E-state index in [9.17, 15) is 0 Å². The van der Waals surface area contributed by atoms with Crippen LogP contribution < -0.4 is 34.8 Å². The molecule has 0 radical (unpaired) electrons. The molecule has 0 aliphatic heterocycles. The number of aromatic nitrogens is 3. The molecule has 0 unspecified atom stereocenters. The van der Waals surface area contributed by atoms with Crippen molar-refractivity contribution in [3.8, 4) is 0 Å². The molecule has 0 saturated heterocycles. The number of urea groups is 1. The second-order valence-electron chi connectivity index (χ2n) is 1.81. The van der Waals surface area contributed by atoms with Crippen molar-refractivity contribution in [2.24, 2.45) is 11.5 Å². The Morgan fingerprint density at radius 1 is 0.875 bits per heavy atom. The maximum atomic E-state index is 9.00. The van der Waals surface area contributed by atoms with Gasteiger partial charge in [0.1, 0.15) is 6.79 Å². The number of rotatable bonds is 0. The first-order valence-corrected chi connectivity index (χ1v) is 3.28. The highest BCUT2D eigenvalue weighted by molar-refractivity contribution is 5.69. The number of amides is 2. The van der Waals surface area contributed by atoms with Gasteiger partial charge in [-0.05, 0) is 0 Å². The first-order chi connectivity index (χ1) is 6.91. The molecule has 11 heteroatoms. The number of primary amides is 2. The minimum absolute atomic E-state index is 0. The normalized spacial score (nSPS) is 7.00. The zero-order valence-corrected chi connectivity index (χ0v) is 8.46. The summed E-state index contributed by atoms with van der Waals surface area (Å²) in [7, 11) is 0. The maximum Gasteiger partial charge on any atom is 0.309 e. The predicted molar refractivity (Wildman–Crippen MR) is 59.0 cm³/mol. The number of hydrogen-bond acceptors (Lipinski definition) is 9. The molecule has 1 aromatic heterocycles. The molecular formula is C5H15N9O2. The number of carbonyl (C=O) groups is 2. The van der Waals surface area contributed by atoms with Crippen LogP contribution in [0.15, 0.2) is 0 Å². The quantitative estimate of drug-likeness (QED) is 0.279. The van der Waals surface area contributed by atoms with Gasteiger partial charge in [0.2, 0.25) is 17.8 Å². The molecule has 0 bridgehead atoms. The molecule has 13 N–H and O–H groups in total. The van der Waals surface area contributed by atoms with E-state index >= 15 is 0 Å². The van der Waals surface area contributed by atoms with Crippen LogP contribution in [0.4, 0.5) is 22.6 Å². The highest BCUT2D eigenvalue weighted by Gasteiger charge is 1.93. The fourth-order valence-corrected chi connectivity index (χ4v) is 0.427. The second kappa shape index (κ2) is 10.4. The highest BCUT2D eigenvalue weighted by atomic mass is 16.2. The Labute approximate surface area is 91.0 Å². The lowest BCUT2D eigenvalue weighted by Gasteiger charge is -1.93. The van der Waals surface area contributed by atoms with Gasteiger partial charge in [-0.25, -0.2) is 4.79 Å². The summed E-state index contributed by atoms with van der Waals surface area (Å²) in [4.78, 5) is 27.5. The lowest BCUT2D eigenvalue weighted by molar-refractivity contribution is -0.0979. The molecule has 0 fully saturated rings. The Hall–Kier alpha value is -2.69. The van der Waals surface area contributed by atoms with E-state index in [-0.39, 0.29) is 24.0 Å². The van der Waals surface area contributed by atoms with Gasteiger partial charge in [-0.2, -0.15) is 15.0 Å². The molecule has 92 valence electrons. The van der Waals surface area contributed by atoms with Crippen molar-refractivity contribution in [2.45, 2.75) is 0 Å². The Kier molecular flexibility index (Phi) is 12.3. The summed E-state index contributed by atoms with van der Waals surface area (Å²) < 4.78 is 0. The minimum atomic E-state index is -0.833. The van der Waals surface area contributed by atoms with Gasteiger partial charge >= 0.3 is 6.03 Å².